The lowest BCUT2D eigenvalue weighted by Crippen LogP contribution is -2.26. The Morgan fingerprint density at radius 3 is 2.47 bits per heavy atom. The molecule has 0 fully saturated rings. The first-order chi connectivity index (χ1) is 9.10. The second-order valence-corrected chi connectivity index (χ2v) is 5.62. The minimum absolute atomic E-state index is 0.522. The van der Waals surface area contributed by atoms with Gasteiger partial charge in [-0.05, 0) is 25.8 Å². The van der Waals surface area contributed by atoms with E-state index in [1.54, 1.807) is 0 Å². The highest BCUT2D eigenvalue weighted by molar-refractivity contribution is 5.01. The summed E-state index contributed by atoms with van der Waals surface area (Å²) in [5, 5.41) is 0. The summed E-state index contributed by atoms with van der Waals surface area (Å²) >= 11 is 0. The molecule has 0 aliphatic rings. The van der Waals surface area contributed by atoms with E-state index in [-0.39, 0.29) is 0 Å². The highest BCUT2D eigenvalue weighted by Crippen LogP contribution is 2.03. The van der Waals surface area contributed by atoms with Crippen molar-refractivity contribution in [1.82, 2.24) is 4.90 Å². The number of hydrogen-bond acceptors (Lipinski definition) is 2. The molecule has 0 radical (unpaired) electrons. The summed E-state index contributed by atoms with van der Waals surface area (Å²) in [7, 11) is 2.20. The topological polar surface area (TPSA) is 12.5 Å². The normalized spacial score (nSPS) is 14.0. The third-order valence-electron chi connectivity index (χ3n) is 3.48. The lowest BCUT2D eigenvalue weighted by atomic mass is 10.1. The van der Waals surface area contributed by atoms with Gasteiger partial charge in [-0.2, -0.15) is 0 Å². The fourth-order valence-electron chi connectivity index (χ4n) is 1.76. The van der Waals surface area contributed by atoms with E-state index in [4.69, 9.17) is 4.74 Å². The van der Waals surface area contributed by atoms with Gasteiger partial charge in [0.15, 0.2) is 0 Å². The van der Waals surface area contributed by atoms with Crippen LogP contribution in [0.3, 0.4) is 0 Å². The van der Waals surface area contributed by atoms with Crippen LogP contribution in [0.2, 0.25) is 0 Å². The molecule has 0 rings (SSSR count). The van der Waals surface area contributed by atoms with Crippen molar-refractivity contribution in [3.05, 3.63) is 0 Å². The molecule has 0 aliphatic heterocycles. The van der Waals surface area contributed by atoms with Crippen molar-refractivity contribution in [3.63, 3.8) is 0 Å². The zero-order valence-corrected chi connectivity index (χ0v) is 13.7. The van der Waals surface area contributed by atoms with Gasteiger partial charge in [0.25, 0.3) is 0 Å². The molecule has 2 unspecified atom stereocenters. The molecule has 112 valence electrons. The maximum absolute atomic E-state index is 5.60. The third-order valence-corrected chi connectivity index (χ3v) is 3.48. The molecular weight excluding hydrogens is 234 g/mol. The fraction of sp³-hybridized carbons (Fsp3) is 0.882. The molecule has 2 heteroatoms. The summed E-state index contributed by atoms with van der Waals surface area (Å²) in [4.78, 5) is 2.40. The number of rotatable bonds is 10. The predicted molar refractivity (Wildman–Crippen MR) is 84.2 cm³/mol. The van der Waals surface area contributed by atoms with E-state index in [2.05, 4.69) is 51.5 Å². The summed E-state index contributed by atoms with van der Waals surface area (Å²) in [5.41, 5.74) is 0. The van der Waals surface area contributed by atoms with Crippen LogP contribution in [-0.4, -0.2) is 38.3 Å². The van der Waals surface area contributed by atoms with E-state index in [0.29, 0.717) is 5.92 Å². The minimum Gasteiger partial charge on any atom is -0.380 e. The summed E-state index contributed by atoms with van der Waals surface area (Å²) in [6.07, 6.45) is 4.38. The maximum atomic E-state index is 5.60. The van der Waals surface area contributed by atoms with Crippen molar-refractivity contribution in [2.45, 2.75) is 53.4 Å². The van der Waals surface area contributed by atoms with E-state index < -0.39 is 0 Å². The van der Waals surface area contributed by atoms with Crippen LogP contribution in [0.25, 0.3) is 0 Å². The van der Waals surface area contributed by atoms with Crippen molar-refractivity contribution < 1.29 is 4.74 Å². The van der Waals surface area contributed by atoms with Gasteiger partial charge in [-0.1, -0.05) is 34.1 Å². The second-order valence-electron chi connectivity index (χ2n) is 5.62. The van der Waals surface area contributed by atoms with Crippen LogP contribution in [0.4, 0.5) is 0 Å². The molecule has 0 N–H and O–H groups in total. The van der Waals surface area contributed by atoms with E-state index in [1.807, 2.05) is 0 Å². The van der Waals surface area contributed by atoms with Crippen LogP contribution in [0, 0.1) is 23.7 Å². The van der Waals surface area contributed by atoms with E-state index in [1.165, 1.54) is 13.0 Å². The van der Waals surface area contributed by atoms with Crippen molar-refractivity contribution in [1.29, 1.82) is 0 Å². The zero-order chi connectivity index (χ0) is 14.5. The Balaban J connectivity index is 3.37. The summed E-state index contributed by atoms with van der Waals surface area (Å²) in [5.74, 6) is 7.73. The molecule has 0 bridgehead atoms. The smallest absolute Gasteiger partial charge is 0.0575 e. The Kier molecular flexibility index (Phi) is 12.2. The van der Waals surface area contributed by atoms with Crippen molar-refractivity contribution >= 4 is 0 Å². The molecule has 0 aromatic heterocycles. The Labute approximate surface area is 120 Å². The molecule has 0 saturated carbocycles. The van der Waals surface area contributed by atoms with Gasteiger partial charge in [-0.25, -0.2) is 0 Å². The maximum Gasteiger partial charge on any atom is 0.0575 e. The van der Waals surface area contributed by atoms with Gasteiger partial charge in [0.05, 0.1) is 6.61 Å². The van der Waals surface area contributed by atoms with Crippen LogP contribution in [-0.2, 0) is 4.74 Å². The Hall–Kier alpha value is -0.520. The van der Waals surface area contributed by atoms with E-state index >= 15 is 0 Å². The van der Waals surface area contributed by atoms with Gasteiger partial charge < -0.3 is 9.64 Å². The molecular formula is C17H33NO. The van der Waals surface area contributed by atoms with Crippen LogP contribution < -0.4 is 0 Å². The quantitative estimate of drug-likeness (QED) is 0.441. The largest absolute Gasteiger partial charge is 0.380 e. The monoisotopic (exact) mass is 267 g/mol. The first-order valence-corrected chi connectivity index (χ1v) is 7.84. The van der Waals surface area contributed by atoms with E-state index in [0.717, 1.165) is 44.9 Å². The SMILES string of the molecule is CCC(C)C#CCCOCCCN(C)CC(C)CC. The molecule has 2 nitrogen and oxygen atoms in total. The second kappa shape index (κ2) is 12.5. The molecule has 0 aromatic carbocycles. The summed E-state index contributed by atoms with van der Waals surface area (Å²) in [6, 6.07) is 0. The first-order valence-electron chi connectivity index (χ1n) is 7.84. The summed E-state index contributed by atoms with van der Waals surface area (Å²) in [6.45, 7) is 12.9. The van der Waals surface area contributed by atoms with Crippen LogP contribution in [0.15, 0.2) is 0 Å². The minimum atomic E-state index is 0.522. The van der Waals surface area contributed by atoms with Crippen LogP contribution in [0.5, 0.6) is 0 Å². The van der Waals surface area contributed by atoms with Gasteiger partial charge >= 0.3 is 0 Å². The Morgan fingerprint density at radius 2 is 1.84 bits per heavy atom. The van der Waals surface area contributed by atoms with Gasteiger partial charge in [0, 0.05) is 32.0 Å². The van der Waals surface area contributed by atoms with Gasteiger partial charge in [-0.15, -0.1) is 11.8 Å². The molecule has 19 heavy (non-hydrogen) atoms. The lowest BCUT2D eigenvalue weighted by molar-refractivity contribution is 0.127. The molecule has 0 spiro atoms. The Morgan fingerprint density at radius 1 is 1.11 bits per heavy atom. The molecule has 0 aromatic rings. The zero-order valence-electron chi connectivity index (χ0n) is 13.7. The Bertz CT molecular complexity index is 254. The number of nitrogens with zero attached hydrogens (tertiary/aromatic N) is 1. The highest BCUT2D eigenvalue weighted by Gasteiger charge is 2.03. The van der Waals surface area contributed by atoms with Gasteiger partial charge in [-0.3, -0.25) is 0 Å². The van der Waals surface area contributed by atoms with Crippen molar-refractivity contribution in [3.8, 4) is 11.8 Å². The highest BCUT2D eigenvalue weighted by atomic mass is 16.5. The lowest BCUT2D eigenvalue weighted by Gasteiger charge is -2.20. The molecule has 0 heterocycles. The third kappa shape index (κ3) is 12.3. The molecule has 0 saturated heterocycles. The molecule has 0 aliphatic carbocycles. The van der Waals surface area contributed by atoms with Gasteiger partial charge in [0.2, 0.25) is 0 Å². The average Bonchev–Trinajstić information content (AvgIpc) is 2.41. The molecule has 2 atom stereocenters. The number of ether oxygens (including phenoxy) is 1. The number of hydrogen-bond donors (Lipinski definition) is 0. The average molecular weight is 267 g/mol. The van der Waals surface area contributed by atoms with E-state index in [9.17, 15) is 0 Å². The standard InChI is InChI=1S/C17H33NO/c1-6-16(3)11-8-9-13-19-14-10-12-18(5)15-17(4)7-2/h16-17H,6-7,9-10,12-15H2,1-5H3. The van der Waals surface area contributed by atoms with Crippen LogP contribution in [0.1, 0.15) is 53.4 Å². The fourth-order valence-corrected chi connectivity index (χ4v) is 1.76. The van der Waals surface area contributed by atoms with Crippen molar-refractivity contribution in [2.24, 2.45) is 11.8 Å². The van der Waals surface area contributed by atoms with Gasteiger partial charge in [0.1, 0.15) is 0 Å². The van der Waals surface area contributed by atoms with Crippen LogP contribution >= 0.6 is 0 Å². The molecule has 0 amide bonds. The summed E-state index contributed by atoms with van der Waals surface area (Å²) < 4.78 is 5.60. The first kappa shape index (κ1) is 18.5. The predicted octanol–water partition coefficient (Wildman–Crippen LogP) is 3.81. The van der Waals surface area contributed by atoms with Crippen molar-refractivity contribution in [2.75, 3.05) is 33.4 Å².